The van der Waals surface area contributed by atoms with Gasteiger partial charge in [-0.05, 0) is 78.8 Å². The van der Waals surface area contributed by atoms with Gasteiger partial charge in [0.15, 0.2) is 5.11 Å². The van der Waals surface area contributed by atoms with E-state index in [0.29, 0.717) is 22.2 Å². The highest BCUT2D eigenvalue weighted by atomic mass is 32.1. The van der Waals surface area contributed by atoms with E-state index in [-0.39, 0.29) is 0 Å². The molecule has 7 heteroatoms. The molecule has 0 aliphatic rings. The molecule has 0 amide bonds. The Morgan fingerprint density at radius 1 is 1.00 bits per heavy atom. The summed E-state index contributed by atoms with van der Waals surface area (Å²) >= 11 is 5.24. The van der Waals surface area contributed by atoms with Crippen LogP contribution in [0.25, 0.3) is 0 Å². The molecule has 0 aromatic heterocycles. The Morgan fingerprint density at radius 2 is 1.77 bits per heavy atom. The first kappa shape index (κ1) is 21.0. The van der Waals surface area contributed by atoms with Crippen molar-refractivity contribution in [3.63, 3.8) is 0 Å². The number of thiocarbonyl (C=S) groups is 1. The van der Waals surface area contributed by atoms with Gasteiger partial charge in [0, 0.05) is 5.69 Å². The molecule has 0 radical (unpaired) electrons. The lowest BCUT2D eigenvalue weighted by Gasteiger charge is -2.07. The second-order valence-electron chi connectivity index (χ2n) is 6.38. The smallest absolute Gasteiger partial charge is 0.343 e. The molecule has 0 saturated heterocycles. The van der Waals surface area contributed by atoms with Gasteiger partial charge in [0.1, 0.15) is 11.5 Å². The lowest BCUT2D eigenvalue weighted by atomic mass is 10.2. The number of methoxy groups -OCH3 is 1. The number of carbonyl (C=O) groups excluding carboxylic acids is 1. The molecule has 0 bridgehead atoms. The number of ether oxygens (including phenoxy) is 2. The summed E-state index contributed by atoms with van der Waals surface area (Å²) in [5, 5.41) is 7.56. The van der Waals surface area contributed by atoms with Gasteiger partial charge in [-0.25, -0.2) is 4.79 Å². The summed E-state index contributed by atoms with van der Waals surface area (Å²) in [6.45, 7) is 2.01. The number of esters is 1. The van der Waals surface area contributed by atoms with Crippen LogP contribution in [-0.2, 0) is 0 Å². The fourth-order valence-corrected chi connectivity index (χ4v) is 2.77. The van der Waals surface area contributed by atoms with Crippen LogP contribution in [0.15, 0.2) is 77.9 Å². The van der Waals surface area contributed by atoms with E-state index in [1.54, 1.807) is 55.8 Å². The summed E-state index contributed by atoms with van der Waals surface area (Å²) in [5.74, 6) is 0.640. The van der Waals surface area contributed by atoms with E-state index >= 15 is 0 Å². The third-order valence-corrected chi connectivity index (χ3v) is 4.24. The molecule has 3 aromatic carbocycles. The van der Waals surface area contributed by atoms with Gasteiger partial charge in [-0.1, -0.05) is 24.3 Å². The quantitative estimate of drug-likeness (QED) is 0.201. The first-order valence-electron chi connectivity index (χ1n) is 9.16. The summed E-state index contributed by atoms with van der Waals surface area (Å²) in [6, 6.07) is 21.6. The maximum absolute atomic E-state index is 12.3. The molecule has 0 saturated carbocycles. The van der Waals surface area contributed by atoms with Gasteiger partial charge in [0.25, 0.3) is 0 Å². The summed E-state index contributed by atoms with van der Waals surface area (Å²) in [7, 11) is 1.57. The van der Waals surface area contributed by atoms with E-state index in [2.05, 4.69) is 15.8 Å². The number of carbonyl (C=O) groups is 1. The van der Waals surface area contributed by atoms with Crippen LogP contribution in [0.1, 0.15) is 21.5 Å². The Labute approximate surface area is 180 Å². The molecule has 2 N–H and O–H groups in total. The Balaban J connectivity index is 1.56. The number of benzene rings is 3. The number of anilines is 1. The molecular weight excluding hydrogens is 398 g/mol. The largest absolute Gasteiger partial charge is 0.497 e. The Kier molecular flexibility index (Phi) is 7.13. The monoisotopic (exact) mass is 419 g/mol. The minimum absolute atomic E-state index is 0.374. The van der Waals surface area contributed by atoms with Crippen LogP contribution < -0.4 is 20.2 Å². The number of hydrazone groups is 1. The number of hydrogen-bond acceptors (Lipinski definition) is 5. The first-order chi connectivity index (χ1) is 14.5. The van der Waals surface area contributed by atoms with Crippen molar-refractivity contribution in [3.05, 3.63) is 89.5 Å². The maximum atomic E-state index is 12.3. The number of hydrogen-bond donors (Lipinski definition) is 2. The molecule has 0 heterocycles. The normalized spacial score (nSPS) is 10.5. The van der Waals surface area contributed by atoms with Crippen LogP contribution in [0.3, 0.4) is 0 Å². The van der Waals surface area contributed by atoms with Gasteiger partial charge in [-0.2, -0.15) is 5.10 Å². The van der Waals surface area contributed by atoms with Crippen LogP contribution in [0.2, 0.25) is 0 Å². The van der Waals surface area contributed by atoms with Crippen LogP contribution in [0.4, 0.5) is 5.69 Å². The summed E-state index contributed by atoms with van der Waals surface area (Å²) in [4.78, 5) is 12.3. The van der Waals surface area contributed by atoms with Crippen molar-refractivity contribution < 1.29 is 14.3 Å². The summed E-state index contributed by atoms with van der Waals surface area (Å²) < 4.78 is 10.5. The van der Waals surface area contributed by atoms with Gasteiger partial charge >= 0.3 is 5.97 Å². The second kappa shape index (κ2) is 10.2. The predicted molar refractivity (Wildman–Crippen MR) is 123 cm³/mol. The average Bonchev–Trinajstić information content (AvgIpc) is 2.74. The zero-order chi connectivity index (χ0) is 21.3. The summed E-state index contributed by atoms with van der Waals surface area (Å²) in [6.07, 6.45) is 1.59. The van der Waals surface area contributed by atoms with Crippen molar-refractivity contribution in [2.24, 2.45) is 5.10 Å². The maximum Gasteiger partial charge on any atom is 0.343 e. The lowest BCUT2D eigenvalue weighted by molar-refractivity contribution is 0.0734. The zero-order valence-electron chi connectivity index (χ0n) is 16.6. The number of aryl methyl sites for hydroxylation is 1. The molecule has 30 heavy (non-hydrogen) atoms. The highest BCUT2D eigenvalue weighted by Gasteiger charge is 2.09. The minimum Gasteiger partial charge on any atom is -0.497 e. The lowest BCUT2D eigenvalue weighted by Crippen LogP contribution is -2.23. The van der Waals surface area contributed by atoms with Crippen LogP contribution in [0, 0.1) is 6.92 Å². The Morgan fingerprint density at radius 3 is 2.50 bits per heavy atom. The fourth-order valence-electron chi connectivity index (χ4n) is 2.60. The molecule has 3 aromatic rings. The Bertz CT molecular complexity index is 1070. The van der Waals surface area contributed by atoms with Crippen molar-refractivity contribution >= 4 is 35.2 Å². The van der Waals surface area contributed by atoms with E-state index in [1.165, 1.54) is 0 Å². The highest BCUT2D eigenvalue weighted by Crippen LogP contribution is 2.16. The first-order valence-corrected chi connectivity index (χ1v) is 9.57. The van der Waals surface area contributed by atoms with Gasteiger partial charge in [0.2, 0.25) is 0 Å². The van der Waals surface area contributed by atoms with Crippen LogP contribution >= 0.6 is 12.2 Å². The molecule has 0 atom stereocenters. The van der Waals surface area contributed by atoms with Crippen LogP contribution in [0.5, 0.6) is 11.5 Å². The van der Waals surface area contributed by atoms with Gasteiger partial charge < -0.3 is 14.8 Å². The van der Waals surface area contributed by atoms with E-state index in [4.69, 9.17) is 21.7 Å². The van der Waals surface area contributed by atoms with Crippen molar-refractivity contribution in [1.82, 2.24) is 5.43 Å². The van der Waals surface area contributed by atoms with E-state index in [0.717, 1.165) is 16.8 Å². The fraction of sp³-hybridized carbons (Fsp3) is 0.0870. The van der Waals surface area contributed by atoms with Crippen LogP contribution in [-0.4, -0.2) is 24.4 Å². The minimum atomic E-state index is -0.451. The molecule has 0 fully saturated rings. The molecule has 0 aliphatic heterocycles. The van der Waals surface area contributed by atoms with Crippen molar-refractivity contribution in [2.45, 2.75) is 6.92 Å². The van der Waals surface area contributed by atoms with Crippen molar-refractivity contribution in [1.29, 1.82) is 0 Å². The number of nitrogens with one attached hydrogen (secondary N) is 2. The van der Waals surface area contributed by atoms with Gasteiger partial charge in [-0.15, -0.1) is 0 Å². The molecule has 0 aliphatic carbocycles. The molecular formula is C23H21N3O3S. The number of nitrogens with zero attached hydrogens (tertiary/aromatic N) is 1. The van der Waals surface area contributed by atoms with Crippen molar-refractivity contribution in [2.75, 3.05) is 12.4 Å². The molecule has 0 unspecified atom stereocenters. The molecule has 152 valence electrons. The molecule has 3 rings (SSSR count). The third-order valence-electron chi connectivity index (χ3n) is 4.05. The standard InChI is InChI=1S/C23H21N3O3S/c1-16-5-3-7-19(13-16)25-23(30)26-24-15-17-6-4-8-21(14-17)29-22(27)18-9-11-20(28-2)12-10-18/h3-15H,1-2H3,(H2,25,26,30). The molecule has 6 nitrogen and oxygen atoms in total. The SMILES string of the molecule is COc1ccc(C(=O)Oc2cccc(C=NNC(=S)Nc3cccc(C)c3)c2)cc1. The molecule has 0 spiro atoms. The second-order valence-corrected chi connectivity index (χ2v) is 6.79. The topological polar surface area (TPSA) is 72.0 Å². The highest BCUT2D eigenvalue weighted by molar-refractivity contribution is 7.80. The van der Waals surface area contributed by atoms with Gasteiger partial charge in [0.05, 0.1) is 18.9 Å². The third kappa shape index (κ3) is 6.15. The van der Waals surface area contributed by atoms with Gasteiger partial charge in [-0.3, -0.25) is 5.43 Å². The van der Waals surface area contributed by atoms with E-state index < -0.39 is 5.97 Å². The van der Waals surface area contributed by atoms with E-state index in [9.17, 15) is 4.79 Å². The number of rotatable bonds is 6. The summed E-state index contributed by atoms with van der Waals surface area (Å²) in [5.41, 5.74) is 5.97. The van der Waals surface area contributed by atoms with E-state index in [1.807, 2.05) is 37.3 Å². The predicted octanol–water partition coefficient (Wildman–Crippen LogP) is 4.54. The Hall–Kier alpha value is -3.71. The zero-order valence-corrected chi connectivity index (χ0v) is 17.4. The van der Waals surface area contributed by atoms with Crippen molar-refractivity contribution in [3.8, 4) is 11.5 Å². The average molecular weight is 420 g/mol.